The van der Waals surface area contributed by atoms with E-state index in [1.165, 1.54) is 0 Å². The molecule has 0 atom stereocenters. The second-order valence-corrected chi connectivity index (χ2v) is 2.93. The Bertz CT molecular complexity index is 233. The third kappa shape index (κ3) is 2.87. The highest BCUT2D eigenvalue weighted by molar-refractivity contribution is 5.88. The summed E-state index contributed by atoms with van der Waals surface area (Å²) in [6.45, 7) is 10.5. The quantitative estimate of drug-likeness (QED) is 0.482. The average Bonchev–Trinajstić information content (AvgIpc) is 2.03. The van der Waals surface area contributed by atoms with Crippen molar-refractivity contribution in [1.82, 2.24) is 0 Å². The summed E-state index contributed by atoms with van der Waals surface area (Å²) in [5.74, 6) is -1.08. The minimum atomic E-state index is -1.08. The lowest BCUT2D eigenvalue weighted by Gasteiger charge is -2.26. The van der Waals surface area contributed by atoms with E-state index in [0.29, 0.717) is 12.8 Å². The summed E-state index contributed by atoms with van der Waals surface area (Å²) >= 11 is 0. The van der Waals surface area contributed by atoms with Gasteiger partial charge < -0.3 is 10.8 Å². The van der Waals surface area contributed by atoms with E-state index in [4.69, 9.17) is 10.8 Å². The summed E-state index contributed by atoms with van der Waals surface area (Å²) in [5.41, 5.74) is 4.88. The van der Waals surface area contributed by atoms with Gasteiger partial charge >= 0.3 is 5.97 Å². The molecule has 0 aliphatic carbocycles. The normalized spacial score (nSPS) is 10.5. The third-order valence-corrected chi connectivity index (χ3v) is 1.88. The number of carbonyl (C=O) groups is 1. The zero-order valence-electron chi connectivity index (χ0n) is 7.62. The Labute approximate surface area is 78.3 Å². The number of nitrogens with two attached hydrogens (primary N) is 1. The molecule has 13 heavy (non-hydrogen) atoms. The van der Waals surface area contributed by atoms with E-state index in [0.717, 1.165) is 0 Å². The molecule has 0 radical (unpaired) electrons. The largest absolute Gasteiger partial charge is 0.478 e. The number of hydrogen-bond acceptors (Lipinski definition) is 2. The van der Waals surface area contributed by atoms with Gasteiger partial charge in [-0.2, -0.15) is 0 Å². The predicted molar refractivity (Wildman–Crippen MR) is 53.3 cm³/mol. The molecular weight excluding hydrogens is 166 g/mol. The number of rotatable bonds is 6. The van der Waals surface area contributed by atoms with Crippen molar-refractivity contribution in [1.29, 1.82) is 0 Å². The van der Waals surface area contributed by atoms with Gasteiger partial charge in [0, 0.05) is 0 Å². The Morgan fingerprint density at radius 1 is 1.38 bits per heavy atom. The maximum atomic E-state index is 10.6. The van der Waals surface area contributed by atoms with Gasteiger partial charge in [-0.15, -0.1) is 13.2 Å². The molecule has 0 amide bonds. The van der Waals surface area contributed by atoms with E-state index >= 15 is 0 Å². The molecule has 3 nitrogen and oxygen atoms in total. The topological polar surface area (TPSA) is 63.3 Å². The van der Waals surface area contributed by atoms with Crippen molar-refractivity contribution in [3.05, 3.63) is 37.5 Å². The summed E-state index contributed by atoms with van der Waals surface area (Å²) in [7, 11) is 0. The second-order valence-electron chi connectivity index (χ2n) is 2.93. The van der Waals surface area contributed by atoms with Crippen LogP contribution in [0.4, 0.5) is 0 Å². The van der Waals surface area contributed by atoms with Crippen molar-refractivity contribution < 1.29 is 9.90 Å². The average molecular weight is 181 g/mol. The fourth-order valence-corrected chi connectivity index (χ4v) is 1.06. The molecular formula is C10H15NO2. The van der Waals surface area contributed by atoms with Crippen LogP contribution in [-0.4, -0.2) is 16.6 Å². The Morgan fingerprint density at radius 2 is 1.77 bits per heavy atom. The molecule has 0 rings (SSSR count). The van der Waals surface area contributed by atoms with Gasteiger partial charge in [0.1, 0.15) is 0 Å². The first-order valence-corrected chi connectivity index (χ1v) is 3.91. The van der Waals surface area contributed by atoms with Crippen LogP contribution in [0, 0.1) is 0 Å². The van der Waals surface area contributed by atoms with E-state index in [2.05, 4.69) is 19.7 Å². The van der Waals surface area contributed by atoms with E-state index in [1.54, 1.807) is 12.2 Å². The van der Waals surface area contributed by atoms with Gasteiger partial charge in [0.15, 0.2) is 0 Å². The van der Waals surface area contributed by atoms with Crippen LogP contribution in [0.2, 0.25) is 0 Å². The molecule has 3 N–H and O–H groups in total. The van der Waals surface area contributed by atoms with Gasteiger partial charge in [0.05, 0.1) is 11.1 Å². The maximum absolute atomic E-state index is 10.6. The maximum Gasteiger partial charge on any atom is 0.332 e. The molecule has 0 aromatic rings. The molecule has 0 bridgehead atoms. The molecule has 3 heteroatoms. The third-order valence-electron chi connectivity index (χ3n) is 1.88. The van der Waals surface area contributed by atoms with Crippen molar-refractivity contribution in [2.45, 2.75) is 18.4 Å². The first-order chi connectivity index (χ1) is 5.98. The van der Waals surface area contributed by atoms with Crippen LogP contribution in [0.3, 0.4) is 0 Å². The number of hydrogen-bond donors (Lipinski definition) is 2. The molecule has 0 fully saturated rings. The molecule has 0 heterocycles. The lowest BCUT2D eigenvalue weighted by molar-refractivity contribution is -0.133. The molecule has 0 aliphatic rings. The standard InChI is InChI=1S/C10H15NO2/c1-4-6-10(11,7-5-2)8(3)9(12)13/h4-5H,1-3,6-7,11H2,(H,12,13). The molecule has 0 spiro atoms. The highest BCUT2D eigenvalue weighted by atomic mass is 16.4. The van der Waals surface area contributed by atoms with Crippen molar-refractivity contribution in [2.24, 2.45) is 5.73 Å². The Hall–Kier alpha value is -1.35. The van der Waals surface area contributed by atoms with Crippen LogP contribution >= 0.6 is 0 Å². The molecule has 0 unspecified atom stereocenters. The molecule has 0 saturated heterocycles. The van der Waals surface area contributed by atoms with Gasteiger partial charge in [-0.05, 0) is 12.8 Å². The van der Waals surface area contributed by atoms with Crippen LogP contribution in [-0.2, 0) is 4.79 Å². The van der Waals surface area contributed by atoms with E-state index in [1.807, 2.05) is 0 Å². The van der Waals surface area contributed by atoms with Gasteiger partial charge in [-0.3, -0.25) is 0 Å². The van der Waals surface area contributed by atoms with Gasteiger partial charge in [0.2, 0.25) is 0 Å². The molecule has 0 saturated carbocycles. The minimum Gasteiger partial charge on any atom is -0.478 e. The van der Waals surface area contributed by atoms with Crippen LogP contribution in [0.1, 0.15) is 12.8 Å². The number of carboxylic acids is 1. The molecule has 0 aliphatic heterocycles. The second kappa shape index (κ2) is 4.62. The van der Waals surface area contributed by atoms with Crippen LogP contribution in [0.15, 0.2) is 37.5 Å². The zero-order valence-corrected chi connectivity index (χ0v) is 7.62. The molecule has 0 aromatic heterocycles. The lowest BCUT2D eigenvalue weighted by atomic mass is 9.85. The first kappa shape index (κ1) is 11.6. The molecule has 0 aromatic carbocycles. The summed E-state index contributed by atoms with van der Waals surface area (Å²) in [5, 5.41) is 8.72. The lowest BCUT2D eigenvalue weighted by Crippen LogP contribution is -2.43. The fraction of sp³-hybridized carbons (Fsp3) is 0.300. The van der Waals surface area contributed by atoms with E-state index in [-0.39, 0.29) is 5.57 Å². The summed E-state index contributed by atoms with van der Waals surface area (Å²) in [6, 6.07) is 0. The monoisotopic (exact) mass is 181 g/mol. The summed E-state index contributed by atoms with van der Waals surface area (Å²) in [4.78, 5) is 10.6. The van der Waals surface area contributed by atoms with Crippen molar-refractivity contribution in [3.8, 4) is 0 Å². The summed E-state index contributed by atoms with van der Waals surface area (Å²) < 4.78 is 0. The van der Waals surface area contributed by atoms with Crippen molar-refractivity contribution in [2.75, 3.05) is 0 Å². The van der Waals surface area contributed by atoms with Crippen molar-refractivity contribution >= 4 is 5.97 Å². The molecule has 72 valence electrons. The number of aliphatic carboxylic acids is 1. The first-order valence-electron chi connectivity index (χ1n) is 3.91. The van der Waals surface area contributed by atoms with E-state index < -0.39 is 11.5 Å². The fourth-order valence-electron chi connectivity index (χ4n) is 1.06. The Balaban J connectivity index is 4.75. The summed E-state index contributed by atoms with van der Waals surface area (Å²) in [6.07, 6.45) is 3.92. The van der Waals surface area contributed by atoms with Gasteiger partial charge in [0.25, 0.3) is 0 Å². The predicted octanol–water partition coefficient (Wildman–Crippen LogP) is 1.48. The van der Waals surface area contributed by atoms with Crippen LogP contribution < -0.4 is 5.73 Å². The van der Waals surface area contributed by atoms with Crippen molar-refractivity contribution in [3.63, 3.8) is 0 Å². The number of carboxylic acid groups (broad SMARTS) is 1. The highest BCUT2D eigenvalue weighted by Gasteiger charge is 2.29. The van der Waals surface area contributed by atoms with Crippen LogP contribution in [0.5, 0.6) is 0 Å². The Kier molecular flexibility index (Phi) is 4.14. The van der Waals surface area contributed by atoms with E-state index in [9.17, 15) is 4.79 Å². The minimum absolute atomic E-state index is 0.00713. The SMILES string of the molecule is C=CCC(N)(CC=C)C(=C)C(=O)O. The highest BCUT2D eigenvalue weighted by Crippen LogP contribution is 2.22. The smallest absolute Gasteiger partial charge is 0.332 e. The Morgan fingerprint density at radius 3 is 2.00 bits per heavy atom. The van der Waals surface area contributed by atoms with Gasteiger partial charge in [-0.25, -0.2) is 4.79 Å². The zero-order chi connectivity index (χ0) is 10.5. The van der Waals surface area contributed by atoms with Crippen LogP contribution in [0.25, 0.3) is 0 Å². The van der Waals surface area contributed by atoms with Gasteiger partial charge in [-0.1, -0.05) is 18.7 Å².